The van der Waals surface area contributed by atoms with Gasteiger partial charge in [-0.25, -0.2) is 0 Å². The molecule has 0 radical (unpaired) electrons. The van der Waals surface area contributed by atoms with Crippen molar-refractivity contribution in [1.29, 1.82) is 0 Å². The van der Waals surface area contributed by atoms with Crippen LogP contribution in [-0.4, -0.2) is 43.8 Å². The molecule has 2 aromatic heterocycles. The number of hydrogen-bond acceptors (Lipinski definition) is 5. The topological polar surface area (TPSA) is 77.0 Å². The van der Waals surface area contributed by atoms with Crippen molar-refractivity contribution in [2.45, 2.75) is 39.7 Å². The van der Waals surface area contributed by atoms with Gasteiger partial charge in [0, 0.05) is 39.2 Å². The average Bonchev–Trinajstić information content (AvgIpc) is 3.25. The summed E-state index contributed by atoms with van der Waals surface area (Å²) in [5.41, 5.74) is 0.538. The van der Waals surface area contributed by atoms with Gasteiger partial charge in [-0.2, -0.15) is 10.1 Å². The number of carbonyl (C=O) groups is 1. The van der Waals surface area contributed by atoms with E-state index in [-0.39, 0.29) is 5.91 Å². The van der Waals surface area contributed by atoms with Crippen molar-refractivity contribution in [2.75, 3.05) is 13.1 Å². The summed E-state index contributed by atoms with van der Waals surface area (Å²) in [6, 6.07) is 1.79. The molecule has 0 aliphatic carbocycles. The van der Waals surface area contributed by atoms with Gasteiger partial charge in [-0.05, 0) is 31.7 Å². The molecule has 0 saturated carbocycles. The molecule has 1 unspecified atom stereocenters. The van der Waals surface area contributed by atoms with Crippen molar-refractivity contribution in [3.05, 3.63) is 29.7 Å². The summed E-state index contributed by atoms with van der Waals surface area (Å²) in [4.78, 5) is 18.5. The quantitative estimate of drug-likeness (QED) is 0.840. The van der Waals surface area contributed by atoms with Gasteiger partial charge in [-0.1, -0.05) is 5.16 Å². The first kappa shape index (κ1) is 14.7. The smallest absolute Gasteiger partial charge is 0.274 e. The fourth-order valence-electron chi connectivity index (χ4n) is 2.84. The summed E-state index contributed by atoms with van der Waals surface area (Å²) in [6.07, 6.45) is 4.65. The number of amides is 1. The SMILES string of the molecule is CCn1ccc(C(=O)N2CCC(CCc3noc(C)n3)C2)n1. The fraction of sp³-hybridized carbons (Fsp3) is 0.600. The van der Waals surface area contributed by atoms with Gasteiger partial charge in [-0.3, -0.25) is 9.48 Å². The third-order valence-corrected chi connectivity index (χ3v) is 4.10. The molecule has 0 N–H and O–H groups in total. The molecule has 118 valence electrons. The fourth-order valence-corrected chi connectivity index (χ4v) is 2.84. The molecule has 1 aliphatic rings. The van der Waals surface area contributed by atoms with Gasteiger partial charge in [0.25, 0.3) is 5.91 Å². The molecule has 22 heavy (non-hydrogen) atoms. The lowest BCUT2D eigenvalue weighted by Gasteiger charge is -2.14. The van der Waals surface area contributed by atoms with Gasteiger partial charge in [0.2, 0.25) is 5.89 Å². The van der Waals surface area contributed by atoms with E-state index in [1.807, 2.05) is 18.0 Å². The van der Waals surface area contributed by atoms with E-state index in [0.717, 1.165) is 44.7 Å². The van der Waals surface area contributed by atoms with Gasteiger partial charge >= 0.3 is 0 Å². The molecule has 0 aromatic carbocycles. The lowest BCUT2D eigenvalue weighted by Crippen LogP contribution is -2.29. The Kier molecular flexibility index (Phi) is 4.22. The zero-order valence-electron chi connectivity index (χ0n) is 13.0. The van der Waals surface area contributed by atoms with E-state index < -0.39 is 0 Å². The lowest BCUT2D eigenvalue weighted by molar-refractivity contribution is 0.0780. The van der Waals surface area contributed by atoms with E-state index in [9.17, 15) is 4.79 Å². The number of rotatable bonds is 5. The molecular weight excluding hydrogens is 282 g/mol. The van der Waals surface area contributed by atoms with Gasteiger partial charge < -0.3 is 9.42 Å². The number of aryl methyl sites for hydroxylation is 3. The van der Waals surface area contributed by atoms with Crippen molar-refractivity contribution >= 4 is 5.91 Å². The number of carbonyl (C=O) groups excluding carboxylic acids is 1. The largest absolute Gasteiger partial charge is 0.340 e. The molecule has 1 atom stereocenters. The predicted molar refractivity (Wildman–Crippen MR) is 79.3 cm³/mol. The van der Waals surface area contributed by atoms with Crippen molar-refractivity contribution in [1.82, 2.24) is 24.8 Å². The highest BCUT2D eigenvalue weighted by atomic mass is 16.5. The van der Waals surface area contributed by atoms with E-state index in [1.54, 1.807) is 17.7 Å². The van der Waals surface area contributed by atoms with Crippen LogP contribution in [0.4, 0.5) is 0 Å². The second-order valence-electron chi connectivity index (χ2n) is 5.73. The third kappa shape index (κ3) is 3.18. The maximum atomic E-state index is 12.4. The first-order valence-electron chi connectivity index (χ1n) is 7.77. The van der Waals surface area contributed by atoms with Crippen molar-refractivity contribution in [2.24, 2.45) is 5.92 Å². The number of aromatic nitrogens is 4. The van der Waals surface area contributed by atoms with Crippen LogP contribution in [0, 0.1) is 12.8 Å². The Bertz CT molecular complexity index is 648. The third-order valence-electron chi connectivity index (χ3n) is 4.10. The molecule has 1 aliphatic heterocycles. The zero-order valence-corrected chi connectivity index (χ0v) is 13.0. The minimum atomic E-state index is 0.0325. The highest BCUT2D eigenvalue weighted by Crippen LogP contribution is 2.22. The van der Waals surface area contributed by atoms with Crippen molar-refractivity contribution in [3.63, 3.8) is 0 Å². The standard InChI is InChI=1S/C15H21N5O2/c1-3-20-9-7-13(17-20)15(21)19-8-6-12(10-19)4-5-14-16-11(2)22-18-14/h7,9,12H,3-6,8,10H2,1-2H3. The molecule has 7 heteroatoms. The van der Waals surface area contributed by atoms with E-state index >= 15 is 0 Å². The summed E-state index contributed by atoms with van der Waals surface area (Å²) < 4.78 is 6.75. The van der Waals surface area contributed by atoms with Crippen molar-refractivity contribution in [3.8, 4) is 0 Å². The van der Waals surface area contributed by atoms with Crippen LogP contribution in [0.15, 0.2) is 16.8 Å². The minimum absolute atomic E-state index is 0.0325. The summed E-state index contributed by atoms with van der Waals surface area (Å²) in [5.74, 6) is 1.88. The van der Waals surface area contributed by atoms with Crippen molar-refractivity contribution < 1.29 is 9.32 Å². The summed E-state index contributed by atoms with van der Waals surface area (Å²) >= 11 is 0. The van der Waals surface area contributed by atoms with Gasteiger partial charge in [0.15, 0.2) is 5.82 Å². The molecule has 1 fully saturated rings. The maximum absolute atomic E-state index is 12.4. The van der Waals surface area contributed by atoms with Gasteiger partial charge in [-0.15, -0.1) is 0 Å². The van der Waals surface area contributed by atoms with Crippen LogP contribution < -0.4 is 0 Å². The summed E-state index contributed by atoms with van der Waals surface area (Å²) in [6.45, 7) is 6.16. The Balaban J connectivity index is 1.52. The van der Waals surface area contributed by atoms with Crippen LogP contribution >= 0.6 is 0 Å². The minimum Gasteiger partial charge on any atom is -0.340 e. The number of hydrogen-bond donors (Lipinski definition) is 0. The van der Waals surface area contributed by atoms with E-state index in [2.05, 4.69) is 15.2 Å². The Morgan fingerprint density at radius 3 is 3.05 bits per heavy atom. The van der Waals surface area contributed by atoms with E-state index in [0.29, 0.717) is 17.5 Å². The lowest BCUT2D eigenvalue weighted by atomic mass is 10.0. The number of likely N-dealkylation sites (tertiary alicyclic amines) is 1. The number of nitrogens with zero attached hydrogens (tertiary/aromatic N) is 5. The molecule has 1 saturated heterocycles. The molecule has 7 nitrogen and oxygen atoms in total. The summed E-state index contributed by atoms with van der Waals surface area (Å²) in [5, 5.41) is 8.20. The van der Waals surface area contributed by atoms with E-state index in [4.69, 9.17) is 4.52 Å². The van der Waals surface area contributed by atoms with E-state index in [1.165, 1.54) is 0 Å². The molecule has 3 heterocycles. The Hall–Kier alpha value is -2.18. The monoisotopic (exact) mass is 303 g/mol. The Morgan fingerprint density at radius 1 is 1.50 bits per heavy atom. The normalized spacial score (nSPS) is 18.1. The van der Waals surface area contributed by atoms with Crippen LogP contribution in [0.3, 0.4) is 0 Å². The first-order valence-corrected chi connectivity index (χ1v) is 7.77. The molecular formula is C15H21N5O2. The highest BCUT2D eigenvalue weighted by Gasteiger charge is 2.28. The molecule has 0 bridgehead atoms. The van der Waals surface area contributed by atoms with Crippen LogP contribution in [0.5, 0.6) is 0 Å². The predicted octanol–water partition coefficient (Wildman–Crippen LogP) is 1.69. The second kappa shape index (κ2) is 6.29. The van der Waals surface area contributed by atoms with Crippen LogP contribution in [0.25, 0.3) is 0 Å². The zero-order chi connectivity index (χ0) is 15.5. The molecule has 3 rings (SSSR count). The second-order valence-corrected chi connectivity index (χ2v) is 5.73. The highest BCUT2D eigenvalue weighted by molar-refractivity contribution is 5.92. The summed E-state index contributed by atoms with van der Waals surface area (Å²) in [7, 11) is 0. The van der Waals surface area contributed by atoms with Crippen LogP contribution in [-0.2, 0) is 13.0 Å². The molecule has 2 aromatic rings. The molecule has 1 amide bonds. The van der Waals surface area contributed by atoms with Gasteiger partial charge in [0.05, 0.1) is 0 Å². The van der Waals surface area contributed by atoms with Crippen LogP contribution in [0.1, 0.15) is 42.0 Å². The first-order chi connectivity index (χ1) is 10.7. The van der Waals surface area contributed by atoms with Gasteiger partial charge in [0.1, 0.15) is 5.69 Å². The Labute approximate surface area is 129 Å². The van der Waals surface area contributed by atoms with Crippen LogP contribution in [0.2, 0.25) is 0 Å². The average molecular weight is 303 g/mol. The Morgan fingerprint density at radius 2 is 2.36 bits per heavy atom. The molecule has 0 spiro atoms. The maximum Gasteiger partial charge on any atom is 0.274 e.